The predicted molar refractivity (Wildman–Crippen MR) is 112 cm³/mol. The van der Waals surface area contributed by atoms with Gasteiger partial charge in [-0.2, -0.15) is 0 Å². The van der Waals surface area contributed by atoms with Crippen LogP contribution in [0.3, 0.4) is 0 Å². The highest BCUT2D eigenvalue weighted by Crippen LogP contribution is 2.32. The summed E-state index contributed by atoms with van der Waals surface area (Å²) in [6.07, 6.45) is 0. The number of aryl methyl sites for hydroxylation is 2. The molecule has 0 fully saturated rings. The fraction of sp³-hybridized carbons (Fsp3) is 0.250. The van der Waals surface area contributed by atoms with E-state index in [0.29, 0.717) is 0 Å². The number of nitrogens with zero attached hydrogens (tertiary/aromatic N) is 2. The van der Waals surface area contributed by atoms with E-state index >= 15 is 0 Å². The second-order valence-corrected chi connectivity index (χ2v) is 8.26. The van der Waals surface area contributed by atoms with Gasteiger partial charge in [0, 0.05) is 5.56 Å². The Bertz CT molecular complexity index is 1120. The topological polar surface area (TPSA) is 61.3 Å². The van der Waals surface area contributed by atoms with Crippen molar-refractivity contribution in [1.82, 2.24) is 9.97 Å². The molecule has 27 heavy (non-hydrogen) atoms. The van der Waals surface area contributed by atoms with E-state index in [1.54, 1.807) is 44.6 Å². The monoisotopic (exact) mass is 400 g/mol. The van der Waals surface area contributed by atoms with Crippen molar-refractivity contribution in [2.24, 2.45) is 0 Å². The summed E-state index contributed by atoms with van der Waals surface area (Å²) in [4.78, 5) is 20.2. The SMILES string of the molecule is COc1ccc(C(C)=O)c2sc(C)nc12.COc1cccc2sc(C)nc12. The molecule has 0 spiro atoms. The molecule has 0 N–H and O–H groups in total. The van der Waals surface area contributed by atoms with Crippen LogP contribution in [0.4, 0.5) is 0 Å². The first-order chi connectivity index (χ1) is 12.9. The lowest BCUT2D eigenvalue weighted by atomic mass is 10.1. The lowest BCUT2D eigenvalue weighted by Gasteiger charge is -2.02. The van der Waals surface area contributed by atoms with Gasteiger partial charge in [0.25, 0.3) is 0 Å². The van der Waals surface area contributed by atoms with Gasteiger partial charge in [-0.05, 0) is 45.0 Å². The smallest absolute Gasteiger partial charge is 0.161 e. The molecule has 4 rings (SSSR count). The molecule has 2 aromatic heterocycles. The molecule has 0 bridgehead atoms. The van der Waals surface area contributed by atoms with Gasteiger partial charge in [0.05, 0.1) is 33.6 Å². The first kappa shape index (κ1) is 19.3. The number of para-hydroxylation sites is 1. The zero-order chi connectivity index (χ0) is 19.6. The second-order valence-electron chi connectivity index (χ2n) is 5.82. The van der Waals surface area contributed by atoms with Gasteiger partial charge in [-0.3, -0.25) is 4.79 Å². The Morgan fingerprint density at radius 3 is 2.19 bits per heavy atom. The summed E-state index contributed by atoms with van der Waals surface area (Å²) < 4.78 is 12.5. The molecule has 0 amide bonds. The number of hydrogen-bond donors (Lipinski definition) is 0. The van der Waals surface area contributed by atoms with Crippen LogP contribution in [0.25, 0.3) is 20.4 Å². The number of aromatic nitrogens is 2. The number of carbonyl (C=O) groups excluding carboxylic acids is 1. The molecule has 0 unspecified atom stereocenters. The third kappa shape index (κ3) is 3.94. The van der Waals surface area contributed by atoms with Crippen molar-refractivity contribution < 1.29 is 14.3 Å². The molecule has 7 heteroatoms. The highest BCUT2D eigenvalue weighted by atomic mass is 32.1. The normalized spacial score (nSPS) is 10.6. The third-order valence-corrected chi connectivity index (χ3v) is 5.86. The van der Waals surface area contributed by atoms with Crippen LogP contribution in [-0.4, -0.2) is 30.0 Å². The van der Waals surface area contributed by atoms with Gasteiger partial charge in [0.1, 0.15) is 22.5 Å². The van der Waals surface area contributed by atoms with Crippen molar-refractivity contribution in [2.75, 3.05) is 14.2 Å². The second kappa shape index (κ2) is 8.02. The molecule has 0 radical (unpaired) electrons. The molecular weight excluding hydrogens is 380 g/mol. The summed E-state index contributed by atoms with van der Waals surface area (Å²) in [7, 11) is 3.28. The maximum absolute atomic E-state index is 11.4. The average molecular weight is 401 g/mol. The number of ether oxygens (including phenoxy) is 2. The van der Waals surface area contributed by atoms with Gasteiger partial charge in [-0.15, -0.1) is 22.7 Å². The van der Waals surface area contributed by atoms with Crippen LogP contribution in [0.5, 0.6) is 11.5 Å². The quantitative estimate of drug-likeness (QED) is 0.429. The highest BCUT2D eigenvalue weighted by molar-refractivity contribution is 7.19. The molecule has 2 aromatic carbocycles. The Hall–Kier alpha value is -2.51. The van der Waals surface area contributed by atoms with E-state index in [-0.39, 0.29) is 5.78 Å². The molecule has 0 saturated carbocycles. The molecule has 5 nitrogen and oxygen atoms in total. The first-order valence-electron chi connectivity index (χ1n) is 8.29. The minimum absolute atomic E-state index is 0.0614. The molecule has 4 aromatic rings. The summed E-state index contributed by atoms with van der Waals surface area (Å²) in [6, 6.07) is 9.56. The fourth-order valence-corrected chi connectivity index (χ4v) is 4.57. The predicted octanol–water partition coefficient (Wildman–Crippen LogP) is 5.43. The van der Waals surface area contributed by atoms with E-state index in [2.05, 4.69) is 16.0 Å². The summed E-state index contributed by atoms with van der Waals surface area (Å²) in [5, 5.41) is 2.02. The van der Waals surface area contributed by atoms with Gasteiger partial charge >= 0.3 is 0 Å². The Kier molecular flexibility index (Phi) is 5.72. The van der Waals surface area contributed by atoms with Crippen LogP contribution in [0.2, 0.25) is 0 Å². The molecule has 0 atom stereocenters. The maximum atomic E-state index is 11.4. The fourth-order valence-electron chi connectivity index (χ4n) is 2.73. The number of benzene rings is 2. The van der Waals surface area contributed by atoms with Crippen LogP contribution < -0.4 is 9.47 Å². The molecule has 140 valence electrons. The summed E-state index contributed by atoms with van der Waals surface area (Å²) >= 11 is 3.22. The van der Waals surface area contributed by atoms with Crippen molar-refractivity contribution in [3.8, 4) is 11.5 Å². The molecule has 2 heterocycles. The summed E-state index contributed by atoms with van der Waals surface area (Å²) in [5.41, 5.74) is 2.48. The molecule has 0 aliphatic carbocycles. The van der Waals surface area contributed by atoms with Gasteiger partial charge in [-0.1, -0.05) is 6.07 Å². The maximum Gasteiger partial charge on any atom is 0.161 e. The number of fused-ring (bicyclic) bond motifs is 2. The van der Waals surface area contributed by atoms with Crippen molar-refractivity contribution >= 4 is 48.9 Å². The van der Waals surface area contributed by atoms with Crippen molar-refractivity contribution in [2.45, 2.75) is 20.8 Å². The number of ketones is 1. The van der Waals surface area contributed by atoms with Crippen molar-refractivity contribution in [3.63, 3.8) is 0 Å². The minimum Gasteiger partial charge on any atom is -0.494 e. The Morgan fingerprint density at radius 1 is 0.889 bits per heavy atom. The van der Waals surface area contributed by atoms with E-state index in [9.17, 15) is 4.79 Å². The zero-order valence-corrected chi connectivity index (χ0v) is 17.5. The zero-order valence-electron chi connectivity index (χ0n) is 15.8. The van der Waals surface area contributed by atoms with Crippen LogP contribution >= 0.6 is 22.7 Å². The van der Waals surface area contributed by atoms with E-state index < -0.39 is 0 Å². The number of hydrogen-bond acceptors (Lipinski definition) is 7. The summed E-state index contributed by atoms with van der Waals surface area (Å²) in [5.74, 6) is 1.64. The number of thiazole rings is 2. The Balaban J connectivity index is 0.000000159. The summed E-state index contributed by atoms with van der Waals surface area (Å²) in [6.45, 7) is 5.49. The van der Waals surface area contributed by atoms with Crippen LogP contribution in [0.1, 0.15) is 27.3 Å². The van der Waals surface area contributed by atoms with Crippen molar-refractivity contribution in [1.29, 1.82) is 0 Å². The largest absolute Gasteiger partial charge is 0.494 e. The van der Waals surface area contributed by atoms with Crippen molar-refractivity contribution in [3.05, 3.63) is 45.9 Å². The van der Waals surface area contributed by atoms with E-state index in [4.69, 9.17) is 9.47 Å². The Labute approximate surface area is 165 Å². The molecule has 0 saturated heterocycles. The Morgan fingerprint density at radius 2 is 1.52 bits per heavy atom. The van der Waals surface area contributed by atoms with Crippen LogP contribution in [0, 0.1) is 13.8 Å². The number of rotatable bonds is 3. The number of Topliss-reactive ketones (excluding diaryl/α,β-unsaturated/α-hetero) is 1. The number of carbonyl (C=O) groups is 1. The molecular formula is C20H20N2O3S2. The first-order valence-corrected chi connectivity index (χ1v) is 9.93. The molecule has 0 aliphatic heterocycles. The lowest BCUT2D eigenvalue weighted by molar-refractivity contribution is 0.101. The van der Waals surface area contributed by atoms with Crippen LogP contribution in [-0.2, 0) is 0 Å². The van der Waals surface area contributed by atoms with Crippen LogP contribution in [0.15, 0.2) is 30.3 Å². The van der Waals surface area contributed by atoms with Gasteiger partial charge in [0.15, 0.2) is 5.78 Å². The number of methoxy groups -OCH3 is 2. The lowest BCUT2D eigenvalue weighted by Crippen LogP contribution is -1.93. The third-order valence-electron chi connectivity index (χ3n) is 3.92. The average Bonchev–Trinajstić information content (AvgIpc) is 3.21. The highest BCUT2D eigenvalue weighted by Gasteiger charge is 2.13. The van der Waals surface area contributed by atoms with E-state index in [1.165, 1.54) is 16.0 Å². The van der Waals surface area contributed by atoms with Gasteiger partial charge in [0.2, 0.25) is 0 Å². The minimum atomic E-state index is 0.0614. The molecule has 0 aliphatic rings. The van der Waals surface area contributed by atoms with Gasteiger partial charge in [-0.25, -0.2) is 9.97 Å². The van der Waals surface area contributed by atoms with E-state index in [1.807, 2.05) is 26.0 Å². The van der Waals surface area contributed by atoms with E-state index in [0.717, 1.165) is 42.8 Å². The van der Waals surface area contributed by atoms with Gasteiger partial charge < -0.3 is 9.47 Å². The standard InChI is InChI=1S/C11H11NO2S.C9H9NOS/c1-6(13)8-4-5-9(14-3)10-11(8)15-7(2)12-10;1-6-10-9-7(11-2)4-3-5-8(9)12-6/h4-5H,1-3H3;3-5H,1-2H3.